The molecule has 27 heavy (non-hydrogen) atoms. The Morgan fingerprint density at radius 1 is 0.926 bits per heavy atom. The number of ether oxygens (including phenoxy) is 1. The Hall–Kier alpha value is -2.78. The van der Waals surface area contributed by atoms with E-state index in [0.717, 1.165) is 16.7 Å². The number of nitrogens with one attached hydrogen (secondary N) is 1. The summed E-state index contributed by atoms with van der Waals surface area (Å²) < 4.78 is 5.81. The number of aryl methyl sites for hydroxylation is 1. The maximum absolute atomic E-state index is 12.8. The predicted molar refractivity (Wildman–Crippen MR) is 109 cm³/mol. The van der Waals surface area contributed by atoms with E-state index in [0.29, 0.717) is 10.8 Å². The molecule has 4 heteroatoms. The minimum Gasteiger partial charge on any atom is -0.481 e. The third kappa shape index (κ3) is 4.89. The number of rotatable bonds is 6. The van der Waals surface area contributed by atoms with Gasteiger partial charge in [0.1, 0.15) is 5.75 Å². The molecular weight excluding hydrogens is 358 g/mol. The van der Waals surface area contributed by atoms with Gasteiger partial charge in [-0.25, -0.2) is 0 Å². The number of carbonyl (C=O) groups excluding carboxylic acids is 1. The molecular formula is C23H22ClNO2. The van der Waals surface area contributed by atoms with Gasteiger partial charge in [-0.15, -0.1) is 0 Å². The number of benzene rings is 3. The standard InChI is InChI=1S/C23H22ClNO2/c1-16-15-20(13-14-21(16)24)27-17(2)23(26)25-22(18-9-5-3-6-10-18)19-11-7-4-8-12-19/h3-15,17,22H,1-2H3,(H,25,26)/t17-/m1/s1. The SMILES string of the molecule is Cc1cc(O[C@H](C)C(=O)NC(c2ccccc2)c2ccccc2)ccc1Cl. The first-order valence-electron chi connectivity index (χ1n) is 8.87. The lowest BCUT2D eigenvalue weighted by atomic mass is 9.98. The van der Waals surface area contributed by atoms with Crippen LogP contribution in [0.5, 0.6) is 5.75 Å². The van der Waals surface area contributed by atoms with Gasteiger partial charge in [0.2, 0.25) is 0 Å². The summed E-state index contributed by atoms with van der Waals surface area (Å²) in [5.74, 6) is 0.441. The van der Waals surface area contributed by atoms with Crippen LogP contribution in [0.25, 0.3) is 0 Å². The highest BCUT2D eigenvalue weighted by Crippen LogP contribution is 2.24. The topological polar surface area (TPSA) is 38.3 Å². The van der Waals surface area contributed by atoms with Crippen LogP contribution in [0.4, 0.5) is 0 Å². The molecule has 0 spiro atoms. The van der Waals surface area contributed by atoms with Crippen LogP contribution in [0.2, 0.25) is 5.02 Å². The fourth-order valence-electron chi connectivity index (χ4n) is 2.86. The highest BCUT2D eigenvalue weighted by atomic mass is 35.5. The van der Waals surface area contributed by atoms with Crippen LogP contribution in [-0.4, -0.2) is 12.0 Å². The van der Waals surface area contributed by atoms with Gasteiger partial charge in [0.25, 0.3) is 5.91 Å². The molecule has 0 aliphatic heterocycles. The molecule has 0 saturated carbocycles. The molecule has 138 valence electrons. The van der Waals surface area contributed by atoms with Gasteiger partial charge in [0.15, 0.2) is 6.10 Å². The Morgan fingerprint density at radius 2 is 1.48 bits per heavy atom. The van der Waals surface area contributed by atoms with E-state index in [4.69, 9.17) is 16.3 Å². The molecule has 3 aromatic rings. The molecule has 3 aromatic carbocycles. The fraction of sp³-hybridized carbons (Fsp3) is 0.174. The van der Waals surface area contributed by atoms with Crippen molar-refractivity contribution in [3.8, 4) is 5.75 Å². The average molecular weight is 380 g/mol. The first kappa shape index (κ1) is 19.0. The molecule has 3 nitrogen and oxygen atoms in total. The van der Waals surface area contributed by atoms with Gasteiger partial charge in [-0.3, -0.25) is 4.79 Å². The lowest BCUT2D eigenvalue weighted by Gasteiger charge is -2.22. The van der Waals surface area contributed by atoms with Crippen molar-refractivity contribution in [2.75, 3.05) is 0 Å². The zero-order valence-corrected chi connectivity index (χ0v) is 16.1. The minimum atomic E-state index is -0.638. The summed E-state index contributed by atoms with van der Waals surface area (Å²) >= 11 is 6.05. The lowest BCUT2D eigenvalue weighted by molar-refractivity contribution is -0.127. The van der Waals surface area contributed by atoms with E-state index in [2.05, 4.69) is 5.32 Å². The summed E-state index contributed by atoms with van der Waals surface area (Å²) in [6.07, 6.45) is -0.638. The van der Waals surface area contributed by atoms with Crippen molar-refractivity contribution in [3.05, 3.63) is 101 Å². The quantitative estimate of drug-likeness (QED) is 0.629. The van der Waals surface area contributed by atoms with Gasteiger partial charge in [-0.05, 0) is 48.7 Å². The fourth-order valence-corrected chi connectivity index (χ4v) is 2.98. The van der Waals surface area contributed by atoms with E-state index in [-0.39, 0.29) is 11.9 Å². The molecule has 0 radical (unpaired) electrons. The van der Waals surface area contributed by atoms with Gasteiger partial charge in [-0.1, -0.05) is 72.3 Å². The monoisotopic (exact) mass is 379 g/mol. The van der Waals surface area contributed by atoms with E-state index in [9.17, 15) is 4.79 Å². The van der Waals surface area contributed by atoms with Crippen LogP contribution in [0.1, 0.15) is 29.7 Å². The minimum absolute atomic E-state index is 0.180. The first-order chi connectivity index (χ1) is 13.0. The molecule has 0 heterocycles. The van der Waals surface area contributed by atoms with E-state index >= 15 is 0 Å². The molecule has 1 amide bonds. The second-order valence-electron chi connectivity index (χ2n) is 6.43. The maximum Gasteiger partial charge on any atom is 0.261 e. The summed E-state index contributed by atoms with van der Waals surface area (Å²) in [5, 5.41) is 3.78. The Kier molecular flexibility index (Phi) is 6.15. The smallest absolute Gasteiger partial charge is 0.261 e. The summed E-state index contributed by atoms with van der Waals surface area (Å²) in [6, 6.07) is 24.9. The molecule has 0 unspecified atom stereocenters. The third-order valence-corrected chi connectivity index (χ3v) is 4.79. The molecule has 0 aliphatic carbocycles. The predicted octanol–water partition coefficient (Wildman–Crippen LogP) is 5.32. The zero-order valence-electron chi connectivity index (χ0n) is 15.4. The highest BCUT2D eigenvalue weighted by Gasteiger charge is 2.21. The third-order valence-electron chi connectivity index (χ3n) is 4.36. The lowest BCUT2D eigenvalue weighted by Crippen LogP contribution is -2.39. The molecule has 1 atom stereocenters. The summed E-state index contributed by atoms with van der Waals surface area (Å²) in [7, 11) is 0. The zero-order chi connectivity index (χ0) is 19.2. The van der Waals surface area contributed by atoms with Crippen LogP contribution >= 0.6 is 11.6 Å². The molecule has 3 rings (SSSR count). The van der Waals surface area contributed by atoms with Crippen molar-refractivity contribution in [1.29, 1.82) is 0 Å². The Morgan fingerprint density at radius 3 is 2.00 bits per heavy atom. The molecule has 0 aliphatic rings. The summed E-state index contributed by atoms with van der Waals surface area (Å²) in [5.41, 5.74) is 2.95. The van der Waals surface area contributed by atoms with E-state index in [1.54, 1.807) is 19.1 Å². The number of halogens is 1. The Bertz CT molecular complexity index is 857. The Balaban J connectivity index is 1.76. The number of carbonyl (C=O) groups is 1. The average Bonchev–Trinajstić information content (AvgIpc) is 2.70. The number of hydrogen-bond acceptors (Lipinski definition) is 2. The van der Waals surface area contributed by atoms with E-state index in [1.807, 2.05) is 73.7 Å². The van der Waals surface area contributed by atoms with Crippen molar-refractivity contribution in [1.82, 2.24) is 5.32 Å². The Labute approximate surface area is 164 Å². The van der Waals surface area contributed by atoms with Crippen molar-refractivity contribution >= 4 is 17.5 Å². The van der Waals surface area contributed by atoms with Crippen LogP contribution in [-0.2, 0) is 4.79 Å². The van der Waals surface area contributed by atoms with Crippen LogP contribution < -0.4 is 10.1 Å². The van der Waals surface area contributed by atoms with E-state index < -0.39 is 6.10 Å². The maximum atomic E-state index is 12.8. The van der Waals surface area contributed by atoms with Crippen molar-refractivity contribution < 1.29 is 9.53 Å². The second-order valence-corrected chi connectivity index (χ2v) is 6.84. The largest absolute Gasteiger partial charge is 0.481 e. The van der Waals surface area contributed by atoms with E-state index in [1.165, 1.54) is 0 Å². The molecule has 0 aromatic heterocycles. The summed E-state index contributed by atoms with van der Waals surface area (Å²) in [6.45, 7) is 3.65. The van der Waals surface area contributed by atoms with Crippen molar-refractivity contribution in [2.45, 2.75) is 26.0 Å². The highest BCUT2D eigenvalue weighted by molar-refractivity contribution is 6.31. The van der Waals surface area contributed by atoms with Crippen LogP contribution in [0, 0.1) is 6.92 Å². The number of hydrogen-bond donors (Lipinski definition) is 1. The molecule has 0 fully saturated rings. The van der Waals surface area contributed by atoms with Crippen molar-refractivity contribution in [2.24, 2.45) is 0 Å². The molecule has 0 bridgehead atoms. The van der Waals surface area contributed by atoms with Gasteiger partial charge in [0.05, 0.1) is 6.04 Å². The molecule has 1 N–H and O–H groups in total. The first-order valence-corrected chi connectivity index (χ1v) is 9.25. The number of amides is 1. The van der Waals surface area contributed by atoms with Gasteiger partial charge >= 0.3 is 0 Å². The normalized spacial score (nSPS) is 11.9. The van der Waals surface area contributed by atoms with Crippen LogP contribution in [0.3, 0.4) is 0 Å². The van der Waals surface area contributed by atoms with Gasteiger partial charge in [0, 0.05) is 5.02 Å². The second kappa shape index (κ2) is 8.74. The molecule has 0 saturated heterocycles. The van der Waals surface area contributed by atoms with Gasteiger partial charge in [-0.2, -0.15) is 0 Å². The van der Waals surface area contributed by atoms with Gasteiger partial charge < -0.3 is 10.1 Å². The van der Waals surface area contributed by atoms with Crippen LogP contribution in [0.15, 0.2) is 78.9 Å². The summed E-state index contributed by atoms with van der Waals surface area (Å²) in [4.78, 5) is 12.8. The van der Waals surface area contributed by atoms with Crippen molar-refractivity contribution in [3.63, 3.8) is 0 Å².